The molecule has 0 fully saturated rings. The van der Waals surface area contributed by atoms with Gasteiger partial charge in [-0.05, 0) is 29.3 Å². The third kappa shape index (κ3) is 2.78. The molecule has 0 radical (unpaired) electrons. The van der Waals surface area contributed by atoms with Gasteiger partial charge in [0, 0.05) is 18.0 Å². The quantitative estimate of drug-likeness (QED) is 0.625. The van der Waals surface area contributed by atoms with Crippen molar-refractivity contribution in [2.45, 2.75) is 0 Å². The molecule has 1 aromatic carbocycles. The Kier molecular flexibility index (Phi) is 4.35. The highest BCUT2D eigenvalue weighted by atomic mass is 16.5. The lowest BCUT2D eigenvalue weighted by Gasteiger charge is -2.10. The van der Waals surface area contributed by atoms with E-state index in [9.17, 15) is 0 Å². The zero-order valence-corrected chi connectivity index (χ0v) is 11.3. The number of hydrogen-bond donors (Lipinski definition) is 0. The predicted molar refractivity (Wildman–Crippen MR) is 77.6 cm³/mol. The van der Waals surface area contributed by atoms with Crippen molar-refractivity contribution < 1.29 is 9.47 Å². The molecule has 100 valence electrons. The average Bonchev–Trinajstić information content (AvgIpc) is 2.53. The molecule has 0 aliphatic heterocycles. The number of methoxy groups -OCH3 is 2. The maximum Gasteiger partial charge on any atom is 0.212 e. The van der Waals surface area contributed by atoms with Crippen LogP contribution in [-0.2, 0) is 4.74 Å². The van der Waals surface area contributed by atoms with Gasteiger partial charge in [-0.25, -0.2) is 4.85 Å². The van der Waals surface area contributed by atoms with Gasteiger partial charge >= 0.3 is 0 Å². The number of ether oxygens (including phenoxy) is 2. The Hall–Kier alpha value is -2.80. The lowest BCUT2D eigenvalue weighted by molar-refractivity contribution is 0.340. The molecule has 0 saturated carbocycles. The van der Waals surface area contributed by atoms with E-state index < -0.39 is 0 Å². The second-order valence-electron chi connectivity index (χ2n) is 4.00. The first-order valence-corrected chi connectivity index (χ1v) is 5.99. The van der Waals surface area contributed by atoms with Gasteiger partial charge in [0.15, 0.2) is 0 Å². The molecule has 0 N–H and O–H groups in total. The van der Waals surface area contributed by atoms with Crippen LogP contribution >= 0.6 is 0 Å². The summed E-state index contributed by atoms with van der Waals surface area (Å²) in [4.78, 5) is 7.48. The van der Waals surface area contributed by atoms with Crippen LogP contribution in [0.2, 0.25) is 0 Å². The standard InChI is InChI=1S/C16H14N2O2/c1-17-16-10-18-9-8-14(16)15(11-19-2)12-4-6-13(20-3)7-5-12/h4-11H,2-3H3/b15-11+. The average molecular weight is 266 g/mol. The van der Waals surface area contributed by atoms with Crippen molar-refractivity contribution in [2.75, 3.05) is 14.2 Å². The van der Waals surface area contributed by atoms with Crippen molar-refractivity contribution in [2.24, 2.45) is 0 Å². The molecule has 0 saturated heterocycles. The fraction of sp³-hybridized carbons (Fsp3) is 0.125. The van der Waals surface area contributed by atoms with Crippen LogP contribution in [0.3, 0.4) is 0 Å². The van der Waals surface area contributed by atoms with Crippen molar-refractivity contribution in [1.82, 2.24) is 4.98 Å². The van der Waals surface area contributed by atoms with E-state index >= 15 is 0 Å². The number of pyridine rings is 1. The summed E-state index contributed by atoms with van der Waals surface area (Å²) in [5.74, 6) is 0.783. The monoisotopic (exact) mass is 266 g/mol. The Labute approximate surface area is 118 Å². The van der Waals surface area contributed by atoms with E-state index in [2.05, 4.69) is 9.83 Å². The highest BCUT2D eigenvalue weighted by Crippen LogP contribution is 2.31. The SMILES string of the molecule is [C-]#[N+]c1cnccc1/C(=C/OC)c1ccc(OC)cc1. The van der Waals surface area contributed by atoms with E-state index in [-0.39, 0.29) is 0 Å². The van der Waals surface area contributed by atoms with Crippen molar-refractivity contribution in [3.63, 3.8) is 0 Å². The van der Waals surface area contributed by atoms with Crippen LogP contribution < -0.4 is 4.74 Å². The first-order chi connectivity index (χ1) is 9.80. The third-order valence-corrected chi connectivity index (χ3v) is 2.85. The lowest BCUT2D eigenvalue weighted by atomic mass is 9.99. The van der Waals surface area contributed by atoms with Gasteiger partial charge < -0.3 is 9.47 Å². The summed E-state index contributed by atoms with van der Waals surface area (Å²) in [5.41, 5.74) is 3.07. The minimum Gasteiger partial charge on any atom is -0.504 e. The molecule has 1 aromatic heterocycles. The molecular weight excluding hydrogens is 252 g/mol. The molecule has 0 spiro atoms. The highest BCUT2D eigenvalue weighted by Gasteiger charge is 2.10. The molecule has 0 aliphatic carbocycles. The number of rotatable bonds is 4. The minimum atomic E-state index is 0.492. The number of benzene rings is 1. The van der Waals surface area contributed by atoms with E-state index in [1.165, 1.54) is 0 Å². The molecule has 20 heavy (non-hydrogen) atoms. The number of nitrogens with zero attached hydrogens (tertiary/aromatic N) is 2. The Morgan fingerprint density at radius 3 is 2.55 bits per heavy atom. The lowest BCUT2D eigenvalue weighted by Crippen LogP contribution is -1.91. The molecule has 0 unspecified atom stereocenters. The molecule has 0 bridgehead atoms. The van der Waals surface area contributed by atoms with E-state index in [0.717, 1.165) is 22.4 Å². The van der Waals surface area contributed by atoms with Crippen molar-refractivity contribution in [3.8, 4) is 5.75 Å². The van der Waals surface area contributed by atoms with Gasteiger partial charge in [-0.1, -0.05) is 12.1 Å². The largest absolute Gasteiger partial charge is 0.504 e. The number of aromatic nitrogens is 1. The third-order valence-electron chi connectivity index (χ3n) is 2.85. The Bertz CT molecular complexity index is 655. The van der Waals surface area contributed by atoms with Gasteiger partial charge in [-0.15, -0.1) is 0 Å². The minimum absolute atomic E-state index is 0.492. The van der Waals surface area contributed by atoms with Gasteiger partial charge in [0.2, 0.25) is 5.69 Å². The van der Waals surface area contributed by atoms with E-state index in [1.54, 1.807) is 32.9 Å². The van der Waals surface area contributed by atoms with Gasteiger partial charge in [0.25, 0.3) is 0 Å². The van der Waals surface area contributed by atoms with E-state index in [4.69, 9.17) is 16.0 Å². The summed E-state index contributed by atoms with van der Waals surface area (Å²) in [6, 6.07) is 9.41. The Balaban J connectivity index is 2.51. The molecule has 4 nitrogen and oxygen atoms in total. The van der Waals surface area contributed by atoms with Crippen LogP contribution in [0.25, 0.3) is 10.4 Å². The maximum absolute atomic E-state index is 7.23. The summed E-state index contributed by atoms with van der Waals surface area (Å²) in [7, 11) is 3.21. The molecular formula is C16H14N2O2. The van der Waals surface area contributed by atoms with Crippen LogP contribution in [0.15, 0.2) is 49.0 Å². The molecule has 4 heteroatoms. The molecule has 0 amide bonds. The Morgan fingerprint density at radius 2 is 1.95 bits per heavy atom. The summed E-state index contributed by atoms with van der Waals surface area (Å²) >= 11 is 0. The predicted octanol–water partition coefficient (Wildman–Crippen LogP) is 3.68. The maximum atomic E-state index is 7.23. The van der Waals surface area contributed by atoms with Crippen molar-refractivity contribution in [3.05, 3.63) is 71.5 Å². The van der Waals surface area contributed by atoms with Crippen LogP contribution in [0.4, 0.5) is 5.69 Å². The van der Waals surface area contributed by atoms with Gasteiger partial charge in [0.1, 0.15) is 5.75 Å². The molecule has 1 heterocycles. The Morgan fingerprint density at radius 1 is 1.20 bits per heavy atom. The molecule has 2 rings (SSSR count). The molecule has 2 aromatic rings. The zero-order chi connectivity index (χ0) is 14.4. The summed E-state index contributed by atoms with van der Waals surface area (Å²) < 4.78 is 10.3. The summed E-state index contributed by atoms with van der Waals surface area (Å²) in [5, 5.41) is 0. The highest BCUT2D eigenvalue weighted by molar-refractivity contribution is 5.85. The van der Waals surface area contributed by atoms with E-state index in [1.807, 2.05) is 30.3 Å². The first kappa shape index (κ1) is 13.6. The van der Waals surface area contributed by atoms with Crippen LogP contribution in [0.5, 0.6) is 5.75 Å². The fourth-order valence-corrected chi connectivity index (χ4v) is 1.88. The van der Waals surface area contributed by atoms with Crippen LogP contribution in [-0.4, -0.2) is 19.2 Å². The van der Waals surface area contributed by atoms with Crippen molar-refractivity contribution in [1.29, 1.82) is 0 Å². The number of hydrogen-bond acceptors (Lipinski definition) is 3. The van der Waals surface area contributed by atoms with Crippen LogP contribution in [0.1, 0.15) is 11.1 Å². The second kappa shape index (κ2) is 6.39. The fourth-order valence-electron chi connectivity index (χ4n) is 1.88. The summed E-state index contributed by atoms with van der Waals surface area (Å²) in [6.07, 6.45) is 4.85. The van der Waals surface area contributed by atoms with Crippen molar-refractivity contribution >= 4 is 11.3 Å². The topological polar surface area (TPSA) is 35.7 Å². The smallest absolute Gasteiger partial charge is 0.212 e. The normalized spacial score (nSPS) is 10.8. The summed E-state index contributed by atoms with van der Waals surface area (Å²) in [6.45, 7) is 7.23. The second-order valence-corrected chi connectivity index (χ2v) is 4.00. The molecule has 0 atom stereocenters. The van der Waals surface area contributed by atoms with Gasteiger partial charge in [-0.2, -0.15) is 0 Å². The molecule has 0 aliphatic rings. The van der Waals surface area contributed by atoms with Crippen LogP contribution in [0, 0.1) is 6.57 Å². The van der Waals surface area contributed by atoms with E-state index in [0.29, 0.717) is 5.69 Å². The first-order valence-electron chi connectivity index (χ1n) is 5.99. The van der Waals surface area contributed by atoms with Gasteiger partial charge in [-0.3, -0.25) is 4.98 Å². The zero-order valence-electron chi connectivity index (χ0n) is 11.3. The van der Waals surface area contributed by atoms with Gasteiger partial charge in [0.05, 0.1) is 27.1 Å².